The van der Waals surface area contributed by atoms with Crippen LogP contribution in [0.5, 0.6) is 0 Å². The molecular weight excluding hydrogens is 248 g/mol. The average Bonchev–Trinajstić information content (AvgIpc) is 2.43. The van der Waals surface area contributed by atoms with E-state index in [1.54, 1.807) is 0 Å². The summed E-state index contributed by atoms with van der Waals surface area (Å²) in [4.78, 5) is 2.77. The highest BCUT2D eigenvalue weighted by molar-refractivity contribution is 5.00. The largest absolute Gasteiger partial charge is 0.380 e. The van der Waals surface area contributed by atoms with Crippen molar-refractivity contribution in [2.24, 2.45) is 5.92 Å². The van der Waals surface area contributed by atoms with Crippen molar-refractivity contribution in [3.63, 3.8) is 0 Å². The van der Waals surface area contributed by atoms with Gasteiger partial charge in [0, 0.05) is 37.8 Å². The number of rotatable bonds is 6. The number of nitrogens with zero attached hydrogens (tertiary/aromatic N) is 1. The summed E-state index contributed by atoms with van der Waals surface area (Å²) in [6, 6.07) is 0.671. The van der Waals surface area contributed by atoms with Crippen LogP contribution in [0, 0.1) is 5.92 Å². The molecule has 0 radical (unpaired) electrons. The Labute approximate surface area is 125 Å². The van der Waals surface area contributed by atoms with Crippen LogP contribution in [0.1, 0.15) is 59.3 Å². The van der Waals surface area contributed by atoms with E-state index in [0.29, 0.717) is 11.6 Å². The van der Waals surface area contributed by atoms with Crippen molar-refractivity contribution < 1.29 is 4.74 Å². The van der Waals surface area contributed by atoms with Gasteiger partial charge < -0.3 is 10.1 Å². The normalized spacial score (nSPS) is 27.3. The van der Waals surface area contributed by atoms with Crippen molar-refractivity contribution in [3.8, 4) is 0 Å². The van der Waals surface area contributed by atoms with Gasteiger partial charge in [-0.3, -0.25) is 4.90 Å². The maximum Gasteiger partial charge on any atom is 0.0593 e. The zero-order valence-corrected chi connectivity index (χ0v) is 13.8. The van der Waals surface area contributed by atoms with Gasteiger partial charge in [-0.25, -0.2) is 0 Å². The number of piperazine rings is 1. The van der Waals surface area contributed by atoms with Crippen molar-refractivity contribution in [1.82, 2.24) is 10.2 Å². The molecular formula is C17H34N2O. The Morgan fingerprint density at radius 2 is 2.00 bits per heavy atom. The molecule has 20 heavy (non-hydrogen) atoms. The first-order chi connectivity index (χ1) is 9.66. The Hall–Kier alpha value is -0.120. The number of hydrogen-bond donors (Lipinski definition) is 1. The molecule has 3 nitrogen and oxygen atoms in total. The van der Waals surface area contributed by atoms with Gasteiger partial charge in [0.15, 0.2) is 0 Å². The Kier molecular flexibility index (Phi) is 6.31. The van der Waals surface area contributed by atoms with Crippen molar-refractivity contribution in [1.29, 1.82) is 0 Å². The van der Waals surface area contributed by atoms with Gasteiger partial charge >= 0.3 is 0 Å². The van der Waals surface area contributed by atoms with E-state index < -0.39 is 0 Å². The summed E-state index contributed by atoms with van der Waals surface area (Å²) in [6.45, 7) is 12.0. The van der Waals surface area contributed by atoms with E-state index in [2.05, 4.69) is 31.0 Å². The Morgan fingerprint density at radius 3 is 2.65 bits per heavy atom. The van der Waals surface area contributed by atoms with E-state index in [-0.39, 0.29) is 0 Å². The average molecular weight is 282 g/mol. The Morgan fingerprint density at radius 1 is 1.25 bits per heavy atom. The highest BCUT2D eigenvalue weighted by Crippen LogP contribution is 2.35. The van der Waals surface area contributed by atoms with Crippen LogP contribution in [0.2, 0.25) is 0 Å². The molecule has 0 aromatic heterocycles. The molecule has 1 atom stereocenters. The molecule has 2 aliphatic rings. The monoisotopic (exact) mass is 282 g/mol. The van der Waals surface area contributed by atoms with Crippen LogP contribution < -0.4 is 5.32 Å². The SMILES string of the molecule is CCOCCN1CC(CC(C)C)NCC12CCCCC2. The highest BCUT2D eigenvalue weighted by atomic mass is 16.5. The van der Waals surface area contributed by atoms with E-state index in [1.807, 2.05) is 0 Å². The number of hydrogen-bond acceptors (Lipinski definition) is 3. The third-order valence-electron chi connectivity index (χ3n) is 5.08. The smallest absolute Gasteiger partial charge is 0.0593 e. The van der Waals surface area contributed by atoms with Crippen molar-refractivity contribution in [2.45, 2.75) is 70.9 Å². The standard InChI is InChI=1S/C17H34N2O/c1-4-20-11-10-19-13-16(12-15(2)3)18-14-17(19)8-6-5-7-9-17/h15-16,18H,4-14H2,1-3H3. The Bertz CT molecular complexity index is 274. The summed E-state index contributed by atoms with van der Waals surface area (Å²) < 4.78 is 5.62. The van der Waals surface area contributed by atoms with Gasteiger partial charge in [-0.05, 0) is 32.1 Å². The maximum atomic E-state index is 5.62. The molecule has 0 aromatic carbocycles. The molecule has 2 rings (SSSR count). The lowest BCUT2D eigenvalue weighted by molar-refractivity contribution is -0.0127. The zero-order chi connectivity index (χ0) is 14.4. The quantitative estimate of drug-likeness (QED) is 0.758. The molecule has 1 aliphatic heterocycles. The van der Waals surface area contributed by atoms with Gasteiger partial charge in [0.25, 0.3) is 0 Å². The van der Waals surface area contributed by atoms with Crippen LogP contribution in [-0.2, 0) is 4.74 Å². The fourth-order valence-corrected chi connectivity index (χ4v) is 4.05. The molecule has 1 aliphatic carbocycles. The fraction of sp³-hybridized carbons (Fsp3) is 1.00. The third-order valence-corrected chi connectivity index (χ3v) is 5.08. The number of ether oxygens (including phenoxy) is 1. The lowest BCUT2D eigenvalue weighted by atomic mass is 9.78. The highest BCUT2D eigenvalue weighted by Gasteiger charge is 2.41. The molecule has 1 spiro atoms. The minimum atomic E-state index is 0.433. The topological polar surface area (TPSA) is 24.5 Å². The van der Waals surface area contributed by atoms with Crippen molar-refractivity contribution in [2.75, 3.05) is 32.8 Å². The lowest BCUT2D eigenvalue weighted by Crippen LogP contribution is -2.65. The van der Waals surface area contributed by atoms with Crippen LogP contribution in [0.3, 0.4) is 0 Å². The van der Waals surface area contributed by atoms with Crippen LogP contribution >= 0.6 is 0 Å². The first-order valence-electron chi connectivity index (χ1n) is 8.72. The summed E-state index contributed by atoms with van der Waals surface area (Å²) in [5.74, 6) is 0.779. The van der Waals surface area contributed by atoms with E-state index in [4.69, 9.17) is 4.74 Å². The molecule has 0 bridgehead atoms. The van der Waals surface area contributed by atoms with Gasteiger partial charge in [-0.15, -0.1) is 0 Å². The molecule has 2 fully saturated rings. The number of nitrogens with one attached hydrogen (secondary N) is 1. The second kappa shape index (κ2) is 7.77. The summed E-state index contributed by atoms with van der Waals surface area (Å²) in [5, 5.41) is 3.85. The van der Waals surface area contributed by atoms with E-state index >= 15 is 0 Å². The molecule has 1 saturated heterocycles. The van der Waals surface area contributed by atoms with Gasteiger partial charge in [0.1, 0.15) is 0 Å². The molecule has 3 heteroatoms. The summed E-state index contributed by atoms with van der Waals surface area (Å²) in [6.07, 6.45) is 8.28. The van der Waals surface area contributed by atoms with E-state index in [1.165, 1.54) is 51.6 Å². The van der Waals surface area contributed by atoms with Gasteiger partial charge in [-0.1, -0.05) is 33.1 Å². The van der Waals surface area contributed by atoms with Gasteiger partial charge in [0.2, 0.25) is 0 Å². The molecule has 1 unspecified atom stereocenters. The van der Waals surface area contributed by atoms with Crippen LogP contribution in [0.25, 0.3) is 0 Å². The molecule has 1 N–H and O–H groups in total. The predicted molar refractivity (Wildman–Crippen MR) is 85.1 cm³/mol. The second-order valence-electron chi connectivity index (χ2n) is 7.14. The third kappa shape index (κ3) is 4.19. The predicted octanol–water partition coefficient (Wildman–Crippen LogP) is 3.05. The van der Waals surface area contributed by atoms with E-state index in [9.17, 15) is 0 Å². The molecule has 0 aromatic rings. The summed E-state index contributed by atoms with van der Waals surface area (Å²) >= 11 is 0. The molecule has 0 amide bonds. The van der Waals surface area contributed by atoms with Gasteiger partial charge in [-0.2, -0.15) is 0 Å². The van der Waals surface area contributed by atoms with Crippen LogP contribution in [0.15, 0.2) is 0 Å². The van der Waals surface area contributed by atoms with Crippen LogP contribution in [0.4, 0.5) is 0 Å². The molecule has 118 valence electrons. The zero-order valence-electron chi connectivity index (χ0n) is 13.8. The minimum Gasteiger partial charge on any atom is -0.380 e. The molecule has 1 saturated carbocycles. The fourth-order valence-electron chi connectivity index (χ4n) is 4.05. The Balaban J connectivity index is 1.96. The summed E-state index contributed by atoms with van der Waals surface area (Å²) in [7, 11) is 0. The maximum absolute atomic E-state index is 5.62. The molecule has 1 heterocycles. The first-order valence-corrected chi connectivity index (χ1v) is 8.72. The van der Waals surface area contributed by atoms with Gasteiger partial charge in [0.05, 0.1) is 6.61 Å². The first kappa shape index (κ1) is 16.3. The van der Waals surface area contributed by atoms with E-state index in [0.717, 1.165) is 25.7 Å². The van der Waals surface area contributed by atoms with Crippen LogP contribution in [-0.4, -0.2) is 49.3 Å². The minimum absolute atomic E-state index is 0.433. The summed E-state index contributed by atoms with van der Waals surface area (Å²) in [5.41, 5.74) is 0.433. The van der Waals surface area contributed by atoms with Crippen molar-refractivity contribution >= 4 is 0 Å². The second-order valence-corrected chi connectivity index (χ2v) is 7.14. The lowest BCUT2D eigenvalue weighted by Gasteiger charge is -2.52. The van der Waals surface area contributed by atoms with Crippen molar-refractivity contribution in [3.05, 3.63) is 0 Å².